The van der Waals surface area contributed by atoms with E-state index in [0.29, 0.717) is 17.7 Å². The summed E-state index contributed by atoms with van der Waals surface area (Å²) >= 11 is 0. The maximum Gasteiger partial charge on any atom is 0.194 e. The quantitative estimate of drug-likeness (QED) is 0.150. The fourth-order valence-electron chi connectivity index (χ4n) is 3.99. The third-order valence-electron chi connectivity index (χ3n) is 6.20. The summed E-state index contributed by atoms with van der Waals surface area (Å²) in [4.78, 5) is 2.98. The molecule has 0 saturated carbocycles. The molecule has 210 valence electrons. The summed E-state index contributed by atoms with van der Waals surface area (Å²) in [5.74, 6) is -7.99. The zero-order valence-corrected chi connectivity index (χ0v) is 21.3. The molecule has 0 amide bonds. The molecule has 41 heavy (non-hydrogen) atoms. The third-order valence-corrected chi connectivity index (χ3v) is 6.20. The largest absolute Gasteiger partial charge is 0.294 e. The Kier molecular flexibility index (Phi) is 9.07. The number of hydrogen-bond donors (Lipinski definition) is 0. The van der Waals surface area contributed by atoms with Crippen LogP contribution >= 0.6 is 0 Å². The molecule has 0 aromatic heterocycles. The second kappa shape index (κ2) is 12.7. The summed E-state index contributed by atoms with van der Waals surface area (Å²) < 4.78 is 103. The fraction of sp³-hybridized carbons (Fsp3) is 0.0625. The van der Waals surface area contributed by atoms with E-state index in [1.165, 1.54) is 17.7 Å². The number of aryl methyl sites for hydroxylation is 1. The fourth-order valence-corrected chi connectivity index (χ4v) is 3.99. The lowest BCUT2D eigenvalue weighted by Crippen LogP contribution is -1.95. The van der Waals surface area contributed by atoms with E-state index in [1.54, 1.807) is 6.07 Å². The van der Waals surface area contributed by atoms with Crippen LogP contribution in [0, 0.1) is 41.8 Å². The molecule has 0 N–H and O–H groups in total. The number of rotatable bonds is 5. The Hall–Kier alpha value is -4.66. The van der Waals surface area contributed by atoms with Crippen LogP contribution in [0.4, 0.5) is 35.3 Å². The molecular formula is C32H20F8O. The maximum absolute atomic E-state index is 14.7. The first kappa shape index (κ1) is 29.3. The molecule has 5 aromatic rings. The van der Waals surface area contributed by atoms with Crippen molar-refractivity contribution in [2.45, 2.75) is 13.6 Å². The van der Waals surface area contributed by atoms with Gasteiger partial charge in [-0.3, -0.25) is 4.94 Å². The molecule has 0 unspecified atom stereocenters. The Morgan fingerprint density at radius 1 is 0.512 bits per heavy atom. The summed E-state index contributed by atoms with van der Waals surface area (Å²) in [5.41, 5.74) is 4.23. The number of benzene rings is 5. The average Bonchev–Trinajstić information content (AvgIpc) is 2.96. The maximum atomic E-state index is 14.7. The molecule has 5 rings (SSSR count). The van der Waals surface area contributed by atoms with Crippen LogP contribution in [0.3, 0.4) is 0 Å². The highest BCUT2D eigenvalue weighted by Crippen LogP contribution is 2.31. The van der Waals surface area contributed by atoms with Crippen molar-refractivity contribution in [2.24, 2.45) is 0 Å². The van der Waals surface area contributed by atoms with Gasteiger partial charge in [-0.1, -0.05) is 66.2 Å². The van der Waals surface area contributed by atoms with E-state index >= 15 is 0 Å². The van der Waals surface area contributed by atoms with Crippen molar-refractivity contribution < 1.29 is 40.2 Å². The highest BCUT2D eigenvalue weighted by atomic mass is 19.3. The van der Waals surface area contributed by atoms with Crippen molar-refractivity contribution in [1.82, 2.24) is 0 Å². The van der Waals surface area contributed by atoms with Gasteiger partial charge in [0.05, 0.1) is 5.56 Å². The molecule has 0 saturated heterocycles. The van der Waals surface area contributed by atoms with Gasteiger partial charge in [0.2, 0.25) is 0 Å². The predicted octanol–water partition coefficient (Wildman–Crippen LogP) is 10.3. The first-order valence-corrected chi connectivity index (χ1v) is 12.1. The summed E-state index contributed by atoms with van der Waals surface area (Å²) in [6.07, 6.45) is 0. The Balaban J connectivity index is 0.000000296. The van der Waals surface area contributed by atoms with E-state index in [4.69, 9.17) is 0 Å². The molecule has 0 aliphatic heterocycles. The lowest BCUT2D eigenvalue weighted by atomic mass is 9.97. The van der Waals surface area contributed by atoms with Crippen molar-refractivity contribution >= 4 is 0 Å². The highest BCUT2D eigenvalue weighted by Gasteiger charge is 2.15. The zero-order chi connectivity index (χ0) is 29.7. The summed E-state index contributed by atoms with van der Waals surface area (Å²) in [6.45, 7) is 0.779. The average molecular weight is 572 g/mol. The molecular weight excluding hydrogens is 552 g/mol. The van der Waals surface area contributed by atoms with Gasteiger partial charge in [-0.15, -0.1) is 0 Å². The Morgan fingerprint density at radius 3 is 1.41 bits per heavy atom. The van der Waals surface area contributed by atoms with E-state index in [0.717, 1.165) is 28.8 Å². The molecule has 0 bridgehead atoms. The SMILES string of the molecule is Cc1ccc(-c2ccc(-c3ccc(-c4cc(F)c(CF)c(F)c4)c(F)c3)cc2)cc1.FOc1cc(F)c(F)c(F)c1. The van der Waals surface area contributed by atoms with E-state index in [9.17, 15) is 35.3 Å². The molecule has 0 spiro atoms. The zero-order valence-electron chi connectivity index (χ0n) is 21.3. The van der Waals surface area contributed by atoms with Crippen molar-refractivity contribution in [3.8, 4) is 39.1 Å². The van der Waals surface area contributed by atoms with Gasteiger partial charge in [-0.25, -0.2) is 30.7 Å². The highest BCUT2D eigenvalue weighted by molar-refractivity contribution is 5.74. The van der Waals surface area contributed by atoms with Crippen LogP contribution in [0.5, 0.6) is 5.75 Å². The number of hydrogen-bond acceptors (Lipinski definition) is 1. The third kappa shape index (κ3) is 6.74. The Morgan fingerprint density at radius 2 is 0.951 bits per heavy atom. The second-order valence-corrected chi connectivity index (χ2v) is 8.97. The minimum Gasteiger partial charge on any atom is -0.294 e. The molecule has 1 nitrogen and oxygen atoms in total. The molecule has 9 heteroatoms. The van der Waals surface area contributed by atoms with Crippen LogP contribution in [0.2, 0.25) is 0 Å². The molecule has 0 fully saturated rings. The smallest absolute Gasteiger partial charge is 0.194 e. The Labute approximate surface area is 230 Å². The van der Waals surface area contributed by atoms with Gasteiger partial charge in [0.25, 0.3) is 0 Å². The second-order valence-electron chi connectivity index (χ2n) is 8.97. The van der Waals surface area contributed by atoms with E-state index in [-0.39, 0.29) is 11.1 Å². The first-order valence-electron chi connectivity index (χ1n) is 12.1. The van der Waals surface area contributed by atoms with Gasteiger partial charge in [0.15, 0.2) is 23.2 Å². The molecule has 0 aliphatic carbocycles. The first-order chi connectivity index (χ1) is 19.6. The predicted molar refractivity (Wildman–Crippen MR) is 140 cm³/mol. The summed E-state index contributed by atoms with van der Waals surface area (Å²) in [6, 6.07) is 23.1. The van der Waals surface area contributed by atoms with Crippen LogP contribution in [0.25, 0.3) is 33.4 Å². The van der Waals surface area contributed by atoms with Gasteiger partial charge in [-0.2, -0.15) is 0 Å². The van der Waals surface area contributed by atoms with Crippen molar-refractivity contribution in [3.63, 3.8) is 0 Å². The molecule has 0 atom stereocenters. The van der Waals surface area contributed by atoms with Gasteiger partial charge in [0.1, 0.15) is 24.1 Å². The minimum absolute atomic E-state index is 0.0287. The van der Waals surface area contributed by atoms with Crippen LogP contribution in [-0.2, 0) is 6.67 Å². The van der Waals surface area contributed by atoms with Crippen molar-refractivity contribution in [2.75, 3.05) is 0 Å². The van der Waals surface area contributed by atoms with Gasteiger partial charge < -0.3 is 0 Å². The van der Waals surface area contributed by atoms with Crippen LogP contribution in [0.1, 0.15) is 11.1 Å². The number of halogens is 8. The van der Waals surface area contributed by atoms with E-state index in [2.05, 4.69) is 4.94 Å². The molecule has 5 aromatic carbocycles. The normalized spacial score (nSPS) is 10.7. The van der Waals surface area contributed by atoms with Gasteiger partial charge >= 0.3 is 0 Å². The van der Waals surface area contributed by atoms with Gasteiger partial charge in [-0.05, 0) is 52.9 Å². The lowest BCUT2D eigenvalue weighted by Gasteiger charge is -2.10. The molecule has 0 aliphatic rings. The topological polar surface area (TPSA) is 9.23 Å². The van der Waals surface area contributed by atoms with E-state index in [1.807, 2.05) is 55.5 Å². The standard InChI is InChI=1S/C26H18F4.C6H2F4O/c1-16-2-4-17(5-3-16)18-6-8-19(9-7-18)20-10-11-22(24(28)12-20)21-13-25(29)23(15-27)26(30)14-21;7-4-1-3(11-10)2-5(8)6(4)9/h2-14H,15H2,1H3;1-2H. The van der Waals surface area contributed by atoms with Crippen molar-refractivity contribution in [3.05, 3.63) is 137 Å². The van der Waals surface area contributed by atoms with Crippen LogP contribution in [0.15, 0.2) is 91.0 Å². The summed E-state index contributed by atoms with van der Waals surface area (Å²) in [7, 11) is 0. The van der Waals surface area contributed by atoms with Crippen LogP contribution < -0.4 is 4.94 Å². The van der Waals surface area contributed by atoms with Crippen molar-refractivity contribution in [1.29, 1.82) is 0 Å². The summed E-state index contributed by atoms with van der Waals surface area (Å²) in [5, 5.41) is 0. The molecule has 0 heterocycles. The minimum atomic E-state index is -1.65. The molecule has 0 radical (unpaired) electrons. The van der Waals surface area contributed by atoms with Crippen LogP contribution in [-0.4, -0.2) is 0 Å². The Bertz CT molecular complexity index is 1620. The van der Waals surface area contributed by atoms with E-state index < -0.39 is 52.9 Å². The van der Waals surface area contributed by atoms with Gasteiger partial charge in [0, 0.05) is 22.2 Å². The number of alkyl halides is 1. The monoisotopic (exact) mass is 572 g/mol. The lowest BCUT2D eigenvalue weighted by molar-refractivity contribution is -0.00711.